The number of piperazine rings is 1. The summed E-state index contributed by atoms with van der Waals surface area (Å²) < 4.78 is 5.56. The van der Waals surface area contributed by atoms with Crippen molar-refractivity contribution in [2.75, 3.05) is 46.4 Å². The lowest BCUT2D eigenvalue weighted by Crippen LogP contribution is -2.46. The number of rotatable bonds is 7. The fourth-order valence-electron chi connectivity index (χ4n) is 3.57. The van der Waals surface area contributed by atoms with E-state index in [1.165, 1.54) is 4.90 Å². The Labute approximate surface area is 182 Å². The van der Waals surface area contributed by atoms with E-state index in [0.29, 0.717) is 59.5 Å². The van der Waals surface area contributed by atoms with Crippen LogP contribution in [0.25, 0.3) is 5.57 Å². The molecule has 29 heavy (non-hydrogen) atoms. The summed E-state index contributed by atoms with van der Waals surface area (Å²) in [5.74, 6) is -0.567. The van der Waals surface area contributed by atoms with Crippen LogP contribution in [-0.2, 0) is 14.3 Å². The van der Waals surface area contributed by atoms with E-state index >= 15 is 0 Å². The van der Waals surface area contributed by atoms with Crippen LogP contribution in [0.5, 0.6) is 0 Å². The number of nitrogens with zero attached hydrogens (tertiary/aromatic N) is 3. The number of ether oxygens (including phenoxy) is 1. The number of carbonyl (C=O) groups excluding carboxylic acids is 2. The van der Waals surface area contributed by atoms with Crippen LogP contribution in [0.1, 0.15) is 25.8 Å². The Kier molecular flexibility index (Phi) is 7.22. The number of hydrogen-bond donors (Lipinski definition) is 0. The van der Waals surface area contributed by atoms with Gasteiger partial charge in [0.05, 0.1) is 16.7 Å². The van der Waals surface area contributed by atoms with Crippen molar-refractivity contribution in [3.05, 3.63) is 39.5 Å². The van der Waals surface area contributed by atoms with E-state index in [9.17, 15) is 9.59 Å². The number of halogens is 2. The third kappa shape index (κ3) is 4.94. The molecule has 2 heterocycles. The zero-order valence-electron chi connectivity index (χ0n) is 17.1. The lowest BCUT2D eigenvalue weighted by Gasteiger charge is -2.34. The van der Waals surface area contributed by atoms with Gasteiger partial charge in [0.2, 0.25) is 0 Å². The van der Waals surface area contributed by atoms with Crippen molar-refractivity contribution in [3.63, 3.8) is 0 Å². The average Bonchev–Trinajstić information content (AvgIpc) is 2.90. The van der Waals surface area contributed by atoms with E-state index < -0.39 is 0 Å². The van der Waals surface area contributed by atoms with Crippen LogP contribution >= 0.6 is 23.2 Å². The van der Waals surface area contributed by atoms with Gasteiger partial charge in [0, 0.05) is 49.9 Å². The number of hydrogen-bond acceptors (Lipinski definition) is 5. The van der Waals surface area contributed by atoms with Gasteiger partial charge in [-0.2, -0.15) is 0 Å². The third-order valence-electron chi connectivity index (χ3n) is 5.14. The minimum atomic E-state index is -0.308. The molecule has 2 amide bonds. The Morgan fingerprint density at radius 3 is 2.38 bits per heavy atom. The van der Waals surface area contributed by atoms with Crippen molar-refractivity contribution in [1.29, 1.82) is 0 Å². The van der Waals surface area contributed by atoms with Crippen molar-refractivity contribution in [2.24, 2.45) is 0 Å². The molecule has 0 radical (unpaired) electrons. The second-order valence-corrected chi connectivity index (χ2v) is 8.52. The second-order valence-electron chi connectivity index (χ2n) is 7.67. The molecular formula is C21H27Cl2N3O3. The third-order valence-corrected chi connectivity index (χ3v) is 5.69. The number of benzene rings is 1. The van der Waals surface area contributed by atoms with Crippen molar-refractivity contribution in [2.45, 2.75) is 26.4 Å². The summed E-state index contributed by atoms with van der Waals surface area (Å²) in [6, 6.07) is 5.00. The fourth-order valence-corrected chi connectivity index (χ4v) is 4.07. The standard InChI is InChI=1S/C21H27Cl2N3O3/c1-14(2)29-12-4-7-26-20(27)18(16-6-5-15(22)13-17(16)23)19(21(26)28)25-10-8-24(3)9-11-25/h5-6,13-14H,4,7-12H2,1-3H3. The number of carbonyl (C=O) groups is 2. The van der Waals surface area contributed by atoms with Gasteiger partial charge in [-0.25, -0.2) is 0 Å². The first kappa shape index (κ1) is 22.1. The quantitative estimate of drug-likeness (QED) is 0.482. The lowest BCUT2D eigenvalue weighted by atomic mass is 10.0. The summed E-state index contributed by atoms with van der Waals surface area (Å²) in [6.07, 6.45) is 0.704. The minimum Gasteiger partial charge on any atom is -0.379 e. The highest BCUT2D eigenvalue weighted by Gasteiger charge is 2.42. The largest absolute Gasteiger partial charge is 0.379 e. The SMILES string of the molecule is CC(C)OCCCN1C(=O)C(c2ccc(Cl)cc2Cl)=C(N2CCN(C)CC2)C1=O. The van der Waals surface area contributed by atoms with Crippen LogP contribution in [0.15, 0.2) is 23.9 Å². The molecule has 0 saturated carbocycles. The molecule has 0 N–H and O–H groups in total. The molecule has 0 atom stereocenters. The van der Waals surface area contributed by atoms with Crippen molar-refractivity contribution >= 4 is 40.6 Å². The van der Waals surface area contributed by atoms with Gasteiger partial charge in [-0.1, -0.05) is 29.3 Å². The summed E-state index contributed by atoms with van der Waals surface area (Å²) in [5.41, 5.74) is 1.35. The number of imide groups is 1. The molecule has 8 heteroatoms. The first-order chi connectivity index (χ1) is 13.8. The van der Waals surface area contributed by atoms with E-state index in [-0.39, 0.29) is 17.9 Å². The molecule has 0 aliphatic carbocycles. The van der Waals surface area contributed by atoms with E-state index in [1.54, 1.807) is 18.2 Å². The molecule has 158 valence electrons. The molecule has 0 spiro atoms. The molecular weight excluding hydrogens is 413 g/mol. The minimum absolute atomic E-state index is 0.113. The molecule has 0 bridgehead atoms. The van der Waals surface area contributed by atoms with Crippen molar-refractivity contribution < 1.29 is 14.3 Å². The highest BCUT2D eigenvalue weighted by atomic mass is 35.5. The van der Waals surface area contributed by atoms with Gasteiger partial charge in [-0.3, -0.25) is 14.5 Å². The summed E-state index contributed by atoms with van der Waals surface area (Å²) in [4.78, 5) is 32.1. The lowest BCUT2D eigenvalue weighted by molar-refractivity contribution is -0.137. The maximum absolute atomic E-state index is 13.3. The molecule has 2 aliphatic heterocycles. The predicted octanol–water partition coefficient (Wildman–Crippen LogP) is 3.14. The summed E-state index contributed by atoms with van der Waals surface area (Å²) in [5, 5.41) is 0.852. The molecule has 3 rings (SSSR count). The van der Waals surface area contributed by atoms with Crippen LogP contribution < -0.4 is 0 Å². The first-order valence-electron chi connectivity index (χ1n) is 9.90. The van der Waals surface area contributed by atoms with E-state index in [0.717, 1.165) is 13.1 Å². The zero-order chi connectivity index (χ0) is 21.1. The molecule has 1 aromatic carbocycles. The van der Waals surface area contributed by atoms with Crippen LogP contribution in [0, 0.1) is 0 Å². The Hall–Kier alpha value is -1.60. The number of likely N-dealkylation sites (N-methyl/N-ethyl adjacent to an activating group) is 1. The molecule has 0 aromatic heterocycles. The predicted molar refractivity (Wildman–Crippen MR) is 115 cm³/mol. The molecule has 1 fully saturated rings. The van der Waals surface area contributed by atoms with Crippen LogP contribution in [0.3, 0.4) is 0 Å². The Balaban J connectivity index is 1.91. The smallest absolute Gasteiger partial charge is 0.277 e. The highest BCUT2D eigenvalue weighted by molar-refractivity contribution is 6.41. The van der Waals surface area contributed by atoms with Gasteiger partial charge < -0.3 is 14.5 Å². The van der Waals surface area contributed by atoms with Crippen LogP contribution in [0.4, 0.5) is 0 Å². The normalized spacial score (nSPS) is 18.6. The maximum atomic E-state index is 13.3. The highest BCUT2D eigenvalue weighted by Crippen LogP contribution is 2.36. The second kappa shape index (κ2) is 9.47. The topological polar surface area (TPSA) is 53.1 Å². The van der Waals surface area contributed by atoms with Gasteiger partial charge in [-0.05, 0) is 39.4 Å². The van der Waals surface area contributed by atoms with E-state index in [1.807, 2.05) is 25.8 Å². The maximum Gasteiger partial charge on any atom is 0.277 e. The molecule has 1 aromatic rings. The molecule has 1 saturated heterocycles. The average molecular weight is 440 g/mol. The van der Waals surface area contributed by atoms with Crippen LogP contribution in [0.2, 0.25) is 10.0 Å². The zero-order valence-corrected chi connectivity index (χ0v) is 18.6. The van der Waals surface area contributed by atoms with E-state index in [4.69, 9.17) is 27.9 Å². The monoisotopic (exact) mass is 439 g/mol. The van der Waals surface area contributed by atoms with Gasteiger partial charge in [0.25, 0.3) is 11.8 Å². The summed E-state index contributed by atoms with van der Waals surface area (Å²) in [7, 11) is 2.05. The van der Waals surface area contributed by atoms with Crippen LogP contribution in [-0.4, -0.2) is 79.0 Å². The molecule has 2 aliphatic rings. The Morgan fingerprint density at radius 1 is 1.07 bits per heavy atom. The van der Waals surface area contributed by atoms with Crippen molar-refractivity contribution in [1.82, 2.24) is 14.7 Å². The van der Waals surface area contributed by atoms with Gasteiger partial charge >= 0.3 is 0 Å². The summed E-state index contributed by atoms with van der Waals surface area (Å²) in [6.45, 7) is 7.75. The fraction of sp³-hybridized carbons (Fsp3) is 0.524. The first-order valence-corrected chi connectivity index (χ1v) is 10.7. The van der Waals surface area contributed by atoms with Gasteiger partial charge in [0.1, 0.15) is 5.70 Å². The number of amides is 2. The Morgan fingerprint density at radius 2 is 1.76 bits per heavy atom. The van der Waals surface area contributed by atoms with Gasteiger partial charge in [0.15, 0.2) is 0 Å². The molecule has 6 nitrogen and oxygen atoms in total. The summed E-state index contributed by atoms with van der Waals surface area (Å²) >= 11 is 12.4. The molecule has 0 unspecified atom stereocenters. The Bertz CT molecular complexity index is 817. The van der Waals surface area contributed by atoms with Gasteiger partial charge in [-0.15, -0.1) is 0 Å². The van der Waals surface area contributed by atoms with Crippen molar-refractivity contribution in [3.8, 4) is 0 Å². The van der Waals surface area contributed by atoms with E-state index in [2.05, 4.69) is 4.90 Å².